The van der Waals surface area contributed by atoms with Crippen molar-refractivity contribution in [2.75, 3.05) is 5.73 Å². The van der Waals surface area contributed by atoms with Crippen LogP contribution in [0.1, 0.15) is 24.6 Å². The molecule has 0 amide bonds. The smallest absolute Gasteiger partial charge is 0.124 e. The Morgan fingerprint density at radius 3 is 3.08 bits per heavy atom. The summed E-state index contributed by atoms with van der Waals surface area (Å²) in [5.74, 6) is 1.63. The minimum Gasteiger partial charge on any atom is -0.384 e. The van der Waals surface area contributed by atoms with Gasteiger partial charge in [-0.2, -0.15) is 5.10 Å². The van der Waals surface area contributed by atoms with Crippen molar-refractivity contribution in [1.82, 2.24) is 9.78 Å². The van der Waals surface area contributed by atoms with E-state index < -0.39 is 0 Å². The van der Waals surface area contributed by atoms with Crippen LogP contribution in [0.4, 0.5) is 5.82 Å². The molecular weight excluding hydrogens is 150 g/mol. The third kappa shape index (κ3) is 1.00. The average molecular weight is 165 g/mol. The molecule has 2 N–H and O–H groups in total. The molecule has 1 unspecified atom stereocenters. The van der Waals surface area contributed by atoms with Crippen molar-refractivity contribution in [3.63, 3.8) is 0 Å². The summed E-state index contributed by atoms with van der Waals surface area (Å²) >= 11 is 0. The number of nitrogens with zero attached hydrogens (tertiary/aromatic N) is 2. The highest BCUT2D eigenvalue weighted by atomic mass is 15.3. The molecule has 3 heteroatoms. The first kappa shape index (κ1) is 7.65. The molecule has 2 rings (SSSR count). The molecule has 0 spiro atoms. The van der Waals surface area contributed by atoms with Crippen LogP contribution in [0.15, 0.2) is 0 Å². The molecule has 0 aliphatic heterocycles. The van der Waals surface area contributed by atoms with Crippen LogP contribution in [0.25, 0.3) is 0 Å². The van der Waals surface area contributed by atoms with Gasteiger partial charge in [-0.1, -0.05) is 6.92 Å². The summed E-state index contributed by atoms with van der Waals surface area (Å²) in [7, 11) is 1.92. The van der Waals surface area contributed by atoms with Gasteiger partial charge in [-0.15, -0.1) is 0 Å². The third-order valence-electron chi connectivity index (χ3n) is 2.70. The number of hydrogen-bond donors (Lipinski definition) is 1. The van der Waals surface area contributed by atoms with Gasteiger partial charge in [0.2, 0.25) is 0 Å². The Labute approximate surface area is 72.6 Å². The molecule has 0 aromatic carbocycles. The molecule has 1 aliphatic rings. The summed E-state index contributed by atoms with van der Waals surface area (Å²) in [6.07, 6.45) is 3.46. The van der Waals surface area contributed by atoms with E-state index in [1.807, 2.05) is 7.05 Å². The van der Waals surface area contributed by atoms with Gasteiger partial charge in [-0.05, 0) is 25.2 Å². The van der Waals surface area contributed by atoms with E-state index in [2.05, 4.69) is 12.0 Å². The fourth-order valence-corrected chi connectivity index (χ4v) is 1.90. The van der Waals surface area contributed by atoms with Gasteiger partial charge >= 0.3 is 0 Å². The summed E-state index contributed by atoms with van der Waals surface area (Å²) < 4.78 is 1.79. The number of nitrogen functional groups attached to an aromatic ring is 1. The molecule has 0 saturated carbocycles. The Morgan fingerprint density at radius 2 is 2.33 bits per heavy atom. The predicted octanol–water partition coefficient (Wildman–Crippen LogP) is 1.13. The first-order valence-electron chi connectivity index (χ1n) is 4.48. The van der Waals surface area contributed by atoms with Crippen LogP contribution >= 0.6 is 0 Å². The number of aromatic nitrogens is 2. The molecular formula is C9H15N3. The molecule has 1 aromatic heterocycles. The lowest BCUT2D eigenvalue weighted by Crippen LogP contribution is -2.11. The van der Waals surface area contributed by atoms with Gasteiger partial charge < -0.3 is 5.73 Å². The van der Waals surface area contributed by atoms with Crippen molar-refractivity contribution >= 4 is 5.82 Å². The molecule has 1 heterocycles. The number of nitrogens with two attached hydrogens (primary N) is 1. The van der Waals surface area contributed by atoms with Gasteiger partial charge in [0.1, 0.15) is 5.82 Å². The monoisotopic (exact) mass is 165 g/mol. The van der Waals surface area contributed by atoms with E-state index in [-0.39, 0.29) is 0 Å². The summed E-state index contributed by atoms with van der Waals surface area (Å²) in [6, 6.07) is 0. The molecule has 12 heavy (non-hydrogen) atoms. The van der Waals surface area contributed by atoms with Crippen molar-refractivity contribution in [3.05, 3.63) is 11.3 Å². The Bertz CT molecular complexity index is 301. The normalized spacial score (nSPS) is 22.3. The molecule has 0 radical (unpaired) electrons. The van der Waals surface area contributed by atoms with Crippen molar-refractivity contribution in [1.29, 1.82) is 0 Å². The van der Waals surface area contributed by atoms with Crippen LogP contribution in [0.2, 0.25) is 0 Å². The van der Waals surface area contributed by atoms with E-state index in [1.54, 1.807) is 4.68 Å². The largest absolute Gasteiger partial charge is 0.384 e. The first-order valence-corrected chi connectivity index (χ1v) is 4.48. The number of aryl methyl sites for hydroxylation is 2. The van der Waals surface area contributed by atoms with Crippen molar-refractivity contribution < 1.29 is 0 Å². The van der Waals surface area contributed by atoms with E-state index in [4.69, 9.17) is 5.73 Å². The van der Waals surface area contributed by atoms with Gasteiger partial charge in [0.15, 0.2) is 0 Å². The topological polar surface area (TPSA) is 43.8 Å². The lowest BCUT2D eigenvalue weighted by Gasteiger charge is -2.16. The first-order chi connectivity index (χ1) is 5.68. The summed E-state index contributed by atoms with van der Waals surface area (Å²) in [5.41, 5.74) is 8.39. The lowest BCUT2D eigenvalue weighted by molar-refractivity contribution is 0.497. The second kappa shape index (κ2) is 2.51. The highest BCUT2D eigenvalue weighted by Gasteiger charge is 2.21. The maximum Gasteiger partial charge on any atom is 0.124 e. The van der Waals surface area contributed by atoms with Crippen LogP contribution in [0.5, 0.6) is 0 Å². The zero-order valence-corrected chi connectivity index (χ0v) is 7.67. The van der Waals surface area contributed by atoms with Crippen LogP contribution in [-0.4, -0.2) is 9.78 Å². The maximum atomic E-state index is 5.89. The van der Waals surface area contributed by atoms with Gasteiger partial charge in [0.05, 0.1) is 5.69 Å². The zero-order valence-electron chi connectivity index (χ0n) is 7.67. The lowest BCUT2D eigenvalue weighted by atomic mass is 9.89. The molecule has 1 aliphatic carbocycles. The van der Waals surface area contributed by atoms with Gasteiger partial charge in [-0.3, -0.25) is 4.68 Å². The number of fused-ring (bicyclic) bond motifs is 1. The fourth-order valence-electron chi connectivity index (χ4n) is 1.90. The highest BCUT2D eigenvalue weighted by molar-refractivity contribution is 5.44. The molecule has 1 aromatic rings. The number of anilines is 1. The Balaban J connectivity index is 2.44. The minimum absolute atomic E-state index is 0.768. The minimum atomic E-state index is 0.768. The average Bonchev–Trinajstić information content (AvgIpc) is 2.31. The number of rotatable bonds is 0. The van der Waals surface area contributed by atoms with Crippen LogP contribution in [0.3, 0.4) is 0 Å². The summed E-state index contributed by atoms with van der Waals surface area (Å²) in [4.78, 5) is 0. The highest BCUT2D eigenvalue weighted by Crippen LogP contribution is 2.28. The molecule has 0 bridgehead atoms. The van der Waals surface area contributed by atoms with Crippen LogP contribution in [0, 0.1) is 5.92 Å². The second-order valence-corrected chi connectivity index (χ2v) is 3.78. The van der Waals surface area contributed by atoms with E-state index >= 15 is 0 Å². The molecule has 1 atom stereocenters. The summed E-state index contributed by atoms with van der Waals surface area (Å²) in [6.45, 7) is 2.27. The van der Waals surface area contributed by atoms with E-state index in [9.17, 15) is 0 Å². The fraction of sp³-hybridized carbons (Fsp3) is 0.667. The Kier molecular flexibility index (Phi) is 1.60. The van der Waals surface area contributed by atoms with Gasteiger partial charge in [-0.25, -0.2) is 0 Å². The number of hydrogen-bond acceptors (Lipinski definition) is 2. The maximum absolute atomic E-state index is 5.89. The van der Waals surface area contributed by atoms with Crippen molar-refractivity contribution in [2.45, 2.75) is 26.2 Å². The molecule has 0 fully saturated rings. The predicted molar refractivity (Wildman–Crippen MR) is 48.8 cm³/mol. The molecule has 3 nitrogen and oxygen atoms in total. The van der Waals surface area contributed by atoms with Crippen molar-refractivity contribution in [3.8, 4) is 0 Å². The Hall–Kier alpha value is -0.990. The standard InChI is InChI=1S/C9H15N3/c1-6-3-4-8-7(5-6)9(10)12(2)11-8/h6H,3-5,10H2,1-2H3. The summed E-state index contributed by atoms with van der Waals surface area (Å²) in [5, 5.41) is 4.38. The van der Waals surface area contributed by atoms with Crippen LogP contribution in [-0.2, 0) is 19.9 Å². The van der Waals surface area contributed by atoms with E-state index in [1.165, 1.54) is 17.7 Å². The van der Waals surface area contributed by atoms with Gasteiger partial charge in [0.25, 0.3) is 0 Å². The molecule has 0 saturated heterocycles. The van der Waals surface area contributed by atoms with E-state index in [0.29, 0.717) is 0 Å². The SMILES string of the molecule is CC1CCc2nn(C)c(N)c2C1. The molecule has 66 valence electrons. The third-order valence-corrected chi connectivity index (χ3v) is 2.70. The van der Waals surface area contributed by atoms with Gasteiger partial charge in [0, 0.05) is 12.6 Å². The Morgan fingerprint density at radius 1 is 1.58 bits per heavy atom. The van der Waals surface area contributed by atoms with E-state index in [0.717, 1.165) is 24.6 Å². The second-order valence-electron chi connectivity index (χ2n) is 3.78. The van der Waals surface area contributed by atoms with Crippen LogP contribution < -0.4 is 5.73 Å². The zero-order chi connectivity index (χ0) is 8.72. The van der Waals surface area contributed by atoms with Crippen molar-refractivity contribution in [2.24, 2.45) is 13.0 Å². The quantitative estimate of drug-likeness (QED) is 0.626.